The molecule has 0 saturated carbocycles. The van der Waals surface area contributed by atoms with Crippen LogP contribution in [0.2, 0.25) is 0 Å². The normalized spacial score (nSPS) is 18.4. The Bertz CT molecular complexity index is 1300. The summed E-state index contributed by atoms with van der Waals surface area (Å²) in [6.07, 6.45) is 2.83. The summed E-state index contributed by atoms with van der Waals surface area (Å²) >= 11 is 1.73. The number of nitrogens with zero attached hydrogens (tertiary/aromatic N) is 2. The summed E-state index contributed by atoms with van der Waals surface area (Å²) in [6, 6.07) is 5.34. The first-order chi connectivity index (χ1) is 24.3. The van der Waals surface area contributed by atoms with Gasteiger partial charge in [0.2, 0.25) is 23.6 Å². The predicted octanol–water partition coefficient (Wildman–Crippen LogP) is 5.00. The standard InChI is InChI=1S/C40H69N5O6S/c1-13-27(6)37(44(11)39(50)36(26(4)5)43-38(49)35(41-10)25(2)3)31(51-12)23-34(48)45-21-15-18-30(45)32(52-40(7,8)9)24-33(47)42-20-19-28-16-14-17-29(46)22-28/h14,16-17,22,25-27,30-32,35-37,41,46H,13,15,18-21,23-24H2,1-12H3,(H,42,47)(H,43,49). The van der Waals surface area contributed by atoms with E-state index in [1.54, 1.807) is 56.1 Å². The van der Waals surface area contributed by atoms with Crippen LogP contribution in [0.5, 0.6) is 5.75 Å². The molecule has 1 heterocycles. The van der Waals surface area contributed by atoms with Crippen molar-refractivity contribution in [2.75, 3.05) is 34.3 Å². The van der Waals surface area contributed by atoms with Crippen molar-refractivity contribution in [3.63, 3.8) is 0 Å². The summed E-state index contributed by atoms with van der Waals surface area (Å²) in [5, 5.41) is 18.8. The largest absolute Gasteiger partial charge is 0.508 e. The van der Waals surface area contributed by atoms with Gasteiger partial charge in [-0.3, -0.25) is 19.2 Å². The van der Waals surface area contributed by atoms with Crippen LogP contribution >= 0.6 is 11.8 Å². The van der Waals surface area contributed by atoms with Crippen LogP contribution in [0.25, 0.3) is 0 Å². The highest BCUT2D eigenvalue weighted by Crippen LogP contribution is 2.37. The first-order valence-corrected chi connectivity index (χ1v) is 20.0. The van der Waals surface area contributed by atoms with Crippen molar-refractivity contribution in [1.82, 2.24) is 25.8 Å². The molecule has 1 saturated heterocycles. The number of phenols is 1. The number of hydrogen-bond acceptors (Lipinski definition) is 8. The average molecular weight is 748 g/mol. The van der Waals surface area contributed by atoms with Crippen LogP contribution in [0.15, 0.2) is 24.3 Å². The number of ether oxygens (including phenoxy) is 1. The van der Waals surface area contributed by atoms with Crippen molar-refractivity contribution in [3.05, 3.63) is 29.8 Å². The second kappa shape index (κ2) is 21.2. The number of methoxy groups -OCH3 is 1. The van der Waals surface area contributed by atoms with Gasteiger partial charge in [0.1, 0.15) is 11.8 Å². The van der Waals surface area contributed by atoms with Gasteiger partial charge in [-0.2, -0.15) is 0 Å². The molecule has 4 amide bonds. The molecule has 11 nitrogen and oxygen atoms in total. The van der Waals surface area contributed by atoms with Gasteiger partial charge in [0.05, 0.1) is 24.6 Å². The van der Waals surface area contributed by atoms with Gasteiger partial charge >= 0.3 is 0 Å². The number of amides is 4. The van der Waals surface area contributed by atoms with Crippen molar-refractivity contribution in [3.8, 4) is 5.75 Å². The van der Waals surface area contributed by atoms with Crippen molar-refractivity contribution < 1.29 is 29.0 Å². The van der Waals surface area contributed by atoms with E-state index >= 15 is 0 Å². The lowest BCUT2D eigenvalue weighted by atomic mass is 9.89. The number of carbonyl (C=O) groups excluding carboxylic acids is 4. The molecule has 296 valence electrons. The molecule has 12 heteroatoms. The molecule has 0 radical (unpaired) electrons. The molecule has 1 aliphatic rings. The van der Waals surface area contributed by atoms with Gasteiger partial charge < -0.3 is 35.6 Å². The summed E-state index contributed by atoms with van der Waals surface area (Å²) in [5.74, 6) is -0.433. The van der Waals surface area contributed by atoms with E-state index in [0.29, 0.717) is 19.5 Å². The van der Waals surface area contributed by atoms with Gasteiger partial charge in [-0.05, 0) is 61.8 Å². The van der Waals surface area contributed by atoms with Crippen molar-refractivity contribution in [2.45, 2.75) is 141 Å². The number of benzene rings is 1. The Kier molecular flexibility index (Phi) is 18.4. The molecule has 7 atom stereocenters. The lowest BCUT2D eigenvalue weighted by Crippen LogP contribution is -2.59. The number of phenolic OH excluding ortho intramolecular Hbond substituents is 1. The Morgan fingerprint density at radius 2 is 1.71 bits per heavy atom. The SMILES string of the molecule is CCC(C)C(C(CC(=O)N1CCCC1C(CC(=O)NCCc1cccc(O)c1)SC(C)(C)C)OC)N(C)C(=O)C(NC(=O)C(NC)C(C)C)C(C)C. The van der Waals surface area contributed by atoms with E-state index in [4.69, 9.17) is 4.74 Å². The Balaban J connectivity index is 2.25. The number of thioether (sulfide) groups is 1. The molecule has 0 spiro atoms. The predicted molar refractivity (Wildman–Crippen MR) is 211 cm³/mol. The monoisotopic (exact) mass is 747 g/mol. The van der Waals surface area contributed by atoms with Crippen LogP contribution < -0.4 is 16.0 Å². The van der Waals surface area contributed by atoms with Crippen LogP contribution in [0, 0.1) is 17.8 Å². The molecular formula is C40H69N5O6S. The molecule has 1 aromatic carbocycles. The van der Waals surface area contributed by atoms with Gasteiger partial charge in [0.25, 0.3) is 0 Å². The number of likely N-dealkylation sites (N-methyl/N-ethyl adjacent to an activating group) is 2. The van der Waals surface area contributed by atoms with E-state index in [1.807, 2.05) is 38.7 Å². The molecule has 1 fully saturated rings. The fraction of sp³-hybridized carbons (Fsp3) is 0.750. The van der Waals surface area contributed by atoms with E-state index in [2.05, 4.69) is 50.6 Å². The number of carbonyl (C=O) groups is 4. The van der Waals surface area contributed by atoms with Gasteiger partial charge in [-0.1, -0.05) is 80.9 Å². The van der Waals surface area contributed by atoms with Gasteiger partial charge in [-0.15, -0.1) is 11.8 Å². The van der Waals surface area contributed by atoms with Crippen LogP contribution in [-0.2, 0) is 30.3 Å². The van der Waals surface area contributed by atoms with E-state index in [-0.39, 0.29) is 76.0 Å². The molecule has 0 bridgehead atoms. The smallest absolute Gasteiger partial charge is 0.245 e. The first-order valence-electron chi connectivity index (χ1n) is 19.1. The molecule has 1 aliphatic heterocycles. The minimum absolute atomic E-state index is 0.0121. The lowest BCUT2D eigenvalue weighted by molar-refractivity contribution is -0.146. The average Bonchev–Trinajstić information content (AvgIpc) is 3.56. The topological polar surface area (TPSA) is 140 Å². The zero-order valence-electron chi connectivity index (χ0n) is 34.0. The fourth-order valence-corrected chi connectivity index (χ4v) is 8.86. The maximum absolute atomic E-state index is 14.3. The summed E-state index contributed by atoms with van der Waals surface area (Å²) in [6.45, 7) is 19.3. The zero-order chi connectivity index (χ0) is 39.3. The van der Waals surface area contributed by atoms with Crippen molar-refractivity contribution in [2.24, 2.45) is 17.8 Å². The first kappa shape index (κ1) is 45.3. The number of nitrogens with one attached hydrogen (secondary N) is 3. The lowest BCUT2D eigenvalue weighted by Gasteiger charge is -2.41. The molecule has 4 N–H and O–H groups in total. The quantitative estimate of drug-likeness (QED) is 0.146. The molecule has 2 rings (SSSR count). The number of hydrogen-bond donors (Lipinski definition) is 4. The zero-order valence-corrected chi connectivity index (χ0v) is 34.8. The Morgan fingerprint density at radius 1 is 1.06 bits per heavy atom. The highest BCUT2D eigenvalue weighted by atomic mass is 32.2. The molecule has 1 aromatic rings. The summed E-state index contributed by atoms with van der Waals surface area (Å²) in [4.78, 5) is 58.5. The van der Waals surface area contributed by atoms with E-state index in [1.165, 1.54) is 0 Å². The molecular weight excluding hydrogens is 679 g/mol. The Labute approximate surface area is 318 Å². The van der Waals surface area contributed by atoms with Crippen LogP contribution in [0.4, 0.5) is 0 Å². The van der Waals surface area contributed by atoms with Gasteiger partial charge in [-0.25, -0.2) is 0 Å². The third-order valence-electron chi connectivity index (χ3n) is 10.2. The summed E-state index contributed by atoms with van der Waals surface area (Å²) < 4.78 is 5.92. The van der Waals surface area contributed by atoms with E-state index < -0.39 is 24.2 Å². The summed E-state index contributed by atoms with van der Waals surface area (Å²) in [7, 11) is 5.09. The Hall–Kier alpha value is -2.83. The second-order valence-corrected chi connectivity index (χ2v) is 18.1. The fourth-order valence-electron chi connectivity index (χ4n) is 7.27. The van der Waals surface area contributed by atoms with Crippen molar-refractivity contribution >= 4 is 35.4 Å². The number of rotatable bonds is 20. The number of likely N-dealkylation sites (tertiary alicyclic amines) is 1. The van der Waals surface area contributed by atoms with E-state index in [9.17, 15) is 24.3 Å². The van der Waals surface area contributed by atoms with Crippen LogP contribution in [-0.4, -0.2) is 113 Å². The highest BCUT2D eigenvalue weighted by molar-refractivity contribution is 8.01. The van der Waals surface area contributed by atoms with Gasteiger partial charge in [0, 0.05) is 49.7 Å². The molecule has 7 unspecified atom stereocenters. The highest BCUT2D eigenvalue weighted by Gasteiger charge is 2.42. The molecule has 0 aromatic heterocycles. The summed E-state index contributed by atoms with van der Waals surface area (Å²) in [5.41, 5.74) is 0.947. The second-order valence-electron chi connectivity index (χ2n) is 16.1. The van der Waals surface area contributed by atoms with Crippen LogP contribution in [0.1, 0.15) is 100.0 Å². The maximum atomic E-state index is 14.3. The third-order valence-corrected chi connectivity index (χ3v) is 11.6. The van der Waals surface area contributed by atoms with Crippen molar-refractivity contribution in [1.29, 1.82) is 0 Å². The van der Waals surface area contributed by atoms with Gasteiger partial charge in [0.15, 0.2) is 0 Å². The minimum Gasteiger partial charge on any atom is -0.508 e. The minimum atomic E-state index is -0.740. The molecule has 0 aliphatic carbocycles. The third kappa shape index (κ3) is 13.5. The Morgan fingerprint density at radius 3 is 2.25 bits per heavy atom. The van der Waals surface area contributed by atoms with Crippen LogP contribution in [0.3, 0.4) is 0 Å². The van der Waals surface area contributed by atoms with E-state index in [0.717, 1.165) is 24.8 Å². The number of aromatic hydroxyl groups is 1. The molecule has 52 heavy (non-hydrogen) atoms. The maximum Gasteiger partial charge on any atom is 0.245 e.